The first kappa shape index (κ1) is 16.8. The van der Waals surface area contributed by atoms with Gasteiger partial charge in [-0.3, -0.25) is 0 Å². The summed E-state index contributed by atoms with van der Waals surface area (Å²) in [7, 11) is 3.85. The molecule has 8 heteroatoms. The van der Waals surface area contributed by atoms with Crippen LogP contribution < -0.4 is 15.0 Å². The molecule has 1 atom stereocenters. The Hall–Kier alpha value is -2.61. The predicted molar refractivity (Wildman–Crippen MR) is 106 cm³/mol. The molecule has 138 valence electrons. The van der Waals surface area contributed by atoms with Crippen molar-refractivity contribution < 1.29 is 4.74 Å². The molecule has 8 nitrogen and oxygen atoms in total. The van der Waals surface area contributed by atoms with E-state index >= 15 is 0 Å². The molecule has 3 aliphatic rings. The zero-order valence-corrected chi connectivity index (χ0v) is 15.3. The van der Waals surface area contributed by atoms with Gasteiger partial charge in [0.1, 0.15) is 18.3 Å². The standard InChI is InChI=1S/C18H25N7O/c1-23-8-10-24(11-9-23)14-5-6-15(16(12-14)26-2)21-18-19-13-25-17(22-18)4-3-7-20-25/h5-7,12-13,17H,3-4,8-11H2,1-2H3,(H,21,22). The van der Waals surface area contributed by atoms with Gasteiger partial charge < -0.3 is 19.9 Å². The van der Waals surface area contributed by atoms with Crippen LogP contribution in [0.1, 0.15) is 12.8 Å². The fraction of sp³-hybridized carbons (Fsp3) is 0.500. The summed E-state index contributed by atoms with van der Waals surface area (Å²) in [5, 5.41) is 9.37. The fourth-order valence-electron chi connectivity index (χ4n) is 3.33. The van der Waals surface area contributed by atoms with Crippen LogP contribution in [0.3, 0.4) is 0 Å². The fourth-order valence-corrected chi connectivity index (χ4v) is 3.33. The molecule has 0 spiro atoms. The van der Waals surface area contributed by atoms with Crippen LogP contribution in [0.5, 0.6) is 5.75 Å². The number of hydrogen-bond acceptors (Lipinski definition) is 8. The van der Waals surface area contributed by atoms with Crippen molar-refractivity contribution in [3.63, 3.8) is 0 Å². The number of nitrogens with zero attached hydrogens (tertiary/aromatic N) is 6. The number of piperazine rings is 1. The monoisotopic (exact) mass is 355 g/mol. The molecule has 26 heavy (non-hydrogen) atoms. The Balaban J connectivity index is 1.49. The summed E-state index contributed by atoms with van der Waals surface area (Å²) < 4.78 is 5.61. The lowest BCUT2D eigenvalue weighted by atomic mass is 10.2. The maximum absolute atomic E-state index is 5.61. The first-order valence-corrected chi connectivity index (χ1v) is 9.04. The van der Waals surface area contributed by atoms with Crippen molar-refractivity contribution >= 4 is 29.9 Å². The lowest BCUT2D eigenvalue weighted by molar-refractivity contribution is 0.312. The molecule has 0 aliphatic carbocycles. The smallest absolute Gasteiger partial charge is 0.226 e. The number of methoxy groups -OCH3 is 1. The molecule has 0 bridgehead atoms. The van der Waals surface area contributed by atoms with Gasteiger partial charge in [-0.05, 0) is 32.0 Å². The number of fused-ring (bicyclic) bond motifs is 1. The summed E-state index contributed by atoms with van der Waals surface area (Å²) in [6.45, 7) is 4.21. The minimum Gasteiger partial charge on any atom is -0.494 e. The van der Waals surface area contributed by atoms with Gasteiger partial charge in [0.2, 0.25) is 5.96 Å². The van der Waals surface area contributed by atoms with Gasteiger partial charge in [0, 0.05) is 44.1 Å². The largest absolute Gasteiger partial charge is 0.494 e. The Labute approximate surface area is 153 Å². The molecule has 3 heterocycles. The second-order valence-electron chi connectivity index (χ2n) is 6.73. The van der Waals surface area contributed by atoms with Crippen LogP contribution in [0.25, 0.3) is 0 Å². The minimum absolute atomic E-state index is 0.0237. The highest BCUT2D eigenvalue weighted by molar-refractivity contribution is 6.00. The molecule has 1 fully saturated rings. The Bertz CT molecular complexity index is 737. The number of guanidine groups is 1. The Morgan fingerprint density at radius 3 is 2.85 bits per heavy atom. The summed E-state index contributed by atoms with van der Waals surface area (Å²) >= 11 is 0. The van der Waals surface area contributed by atoms with Crippen molar-refractivity contribution in [3.05, 3.63) is 18.2 Å². The zero-order valence-electron chi connectivity index (χ0n) is 15.3. The molecule has 3 aliphatic heterocycles. The van der Waals surface area contributed by atoms with Gasteiger partial charge in [-0.25, -0.2) is 15.0 Å². The van der Waals surface area contributed by atoms with E-state index in [1.54, 1.807) is 18.5 Å². The highest BCUT2D eigenvalue weighted by Crippen LogP contribution is 2.31. The average Bonchev–Trinajstić information content (AvgIpc) is 2.69. The van der Waals surface area contributed by atoms with Crippen molar-refractivity contribution in [2.45, 2.75) is 19.0 Å². The lowest BCUT2D eigenvalue weighted by Crippen LogP contribution is -2.44. The number of hydrazone groups is 1. The van der Waals surface area contributed by atoms with Crippen LogP contribution in [0.2, 0.25) is 0 Å². The van der Waals surface area contributed by atoms with Crippen LogP contribution >= 0.6 is 0 Å². The van der Waals surface area contributed by atoms with E-state index < -0.39 is 0 Å². The third kappa shape index (κ3) is 3.50. The van der Waals surface area contributed by atoms with Crippen LogP contribution in [-0.4, -0.2) is 74.9 Å². The van der Waals surface area contributed by atoms with E-state index in [1.165, 1.54) is 5.69 Å². The highest BCUT2D eigenvalue weighted by atomic mass is 16.5. The Kier molecular flexibility index (Phi) is 4.75. The highest BCUT2D eigenvalue weighted by Gasteiger charge is 2.22. The van der Waals surface area contributed by atoms with Crippen molar-refractivity contribution in [1.29, 1.82) is 0 Å². The zero-order chi connectivity index (χ0) is 17.9. The summed E-state index contributed by atoms with van der Waals surface area (Å²) in [4.78, 5) is 13.7. The van der Waals surface area contributed by atoms with Gasteiger partial charge in [-0.1, -0.05) is 0 Å². The topological polar surface area (TPSA) is 68.1 Å². The average molecular weight is 355 g/mol. The maximum Gasteiger partial charge on any atom is 0.226 e. The number of hydrogen-bond donors (Lipinski definition) is 1. The minimum atomic E-state index is 0.0237. The predicted octanol–water partition coefficient (Wildman–Crippen LogP) is 1.66. The van der Waals surface area contributed by atoms with E-state index in [0.717, 1.165) is 50.5 Å². The quantitative estimate of drug-likeness (QED) is 0.893. The first-order chi connectivity index (χ1) is 12.7. The SMILES string of the molecule is COc1cc(N2CCN(C)CC2)ccc1NC1=NC2CCC=NN2C=N1. The van der Waals surface area contributed by atoms with Gasteiger partial charge in [0.25, 0.3) is 0 Å². The van der Waals surface area contributed by atoms with Gasteiger partial charge in [-0.2, -0.15) is 5.10 Å². The molecule has 4 rings (SSSR count). The summed E-state index contributed by atoms with van der Waals surface area (Å²) in [5.41, 5.74) is 2.05. The van der Waals surface area contributed by atoms with E-state index in [9.17, 15) is 0 Å². The Morgan fingerprint density at radius 2 is 2.04 bits per heavy atom. The first-order valence-electron chi connectivity index (χ1n) is 9.04. The second kappa shape index (κ2) is 7.33. The number of benzene rings is 1. The van der Waals surface area contributed by atoms with Crippen LogP contribution in [0.15, 0.2) is 33.3 Å². The summed E-state index contributed by atoms with van der Waals surface area (Å²) in [5.74, 6) is 1.39. The molecule has 1 aromatic rings. The lowest BCUT2D eigenvalue weighted by Gasteiger charge is -2.34. The normalized spacial score (nSPS) is 22.8. The van der Waals surface area contributed by atoms with Crippen molar-refractivity contribution in [2.24, 2.45) is 15.1 Å². The number of ether oxygens (including phenoxy) is 1. The number of aliphatic imine (C=N–C) groups is 2. The molecular weight excluding hydrogens is 330 g/mol. The van der Waals surface area contributed by atoms with Crippen LogP contribution in [0.4, 0.5) is 11.4 Å². The van der Waals surface area contributed by atoms with Gasteiger partial charge in [-0.15, -0.1) is 0 Å². The molecule has 0 amide bonds. The summed E-state index contributed by atoms with van der Waals surface area (Å²) in [6.07, 6.45) is 5.53. The number of likely N-dealkylation sites (N-methyl/N-ethyl adjacent to an activating group) is 1. The van der Waals surface area contributed by atoms with E-state index in [1.807, 2.05) is 12.3 Å². The molecule has 1 aromatic carbocycles. The van der Waals surface area contributed by atoms with Crippen LogP contribution in [-0.2, 0) is 0 Å². The molecule has 0 saturated carbocycles. The maximum atomic E-state index is 5.61. The van der Waals surface area contributed by atoms with E-state index in [-0.39, 0.29) is 6.17 Å². The van der Waals surface area contributed by atoms with Gasteiger partial charge in [0.15, 0.2) is 0 Å². The van der Waals surface area contributed by atoms with E-state index in [4.69, 9.17) is 4.74 Å². The van der Waals surface area contributed by atoms with Gasteiger partial charge in [0.05, 0.1) is 12.8 Å². The Morgan fingerprint density at radius 1 is 1.19 bits per heavy atom. The number of anilines is 2. The van der Waals surface area contributed by atoms with Crippen molar-refractivity contribution in [3.8, 4) is 5.75 Å². The van der Waals surface area contributed by atoms with Crippen LogP contribution in [0, 0.1) is 0 Å². The van der Waals surface area contributed by atoms with Gasteiger partial charge >= 0.3 is 0 Å². The number of nitrogens with one attached hydrogen (secondary N) is 1. The van der Waals surface area contributed by atoms with E-state index in [0.29, 0.717) is 5.96 Å². The molecule has 0 radical (unpaired) electrons. The third-order valence-electron chi connectivity index (χ3n) is 4.94. The van der Waals surface area contributed by atoms with Crippen molar-refractivity contribution in [2.75, 3.05) is 50.6 Å². The molecule has 1 unspecified atom stereocenters. The second-order valence-corrected chi connectivity index (χ2v) is 6.73. The van der Waals surface area contributed by atoms with E-state index in [2.05, 4.69) is 49.4 Å². The van der Waals surface area contributed by atoms with Crippen molar-refractivity contribution in [1.82, 2.24) is 9.91 Å². The third-order valence-corrected chi connectivity index (χ3v) is 4.94. The number of rotatable bonds is 3. The molecule has 1 saturated heterocycles. The summed E-state index contributed by atoms with van der Waals surface area (Å²) in [6, 6.07) is 6.24. The molecule has 1 N–H and O–H groups in total. The molecular formula is C18H25N7O. The molecule has 0 aromatic heterocycles.